The Bertz CT molecular complexity index is 882. The molecule has 1 heterocycles. The smallest absolute Gasteiger partial charge is 0.269 e. The number of hydrogen-bond acceptors (Lipinski definition) is 3. The third-order valence-electron chi connectivity index (χ3n) is 4.32. The van der Waals surface area contributed by atoms with Crippen molar-refractivity contribution in [3.05, 3.63) is 95.6 Å². The number of nitrogens with one attached hydrogen (secondary N) is 2. The van der Waals surface area contributed by atoms with Crippen LogP contribution in [0.5, 0.6) is 0 Å². The fourth-order valence-corrected chi connectivity index (χ4v) is 2.79. The second-order valence-corrected chi connectivity index (χ2v) is 6.31. The lowest BCUT2D eigenvalue weighted by Gasteiger charge is -2.15. The predicted molar refractivity (Wildman–Crippen MR) is 105 cm³/mol. The monoisotopic (exact) mass is 363 g/mol. The molecule has 0 aliphatic rings. The van der Waals surface area contributed by atoms with Crippen molar-refractivity contribution in [2.24, 2.45) is 0 Å². The zero-order chi connectivity index (χ0) is 19.1. The average Bonchev–Trinajstić information content (AvgIpc) is 2.70. The molecule has 0 saturated carbocycles. The Morgan fingerprint density at radius 3 is 2.48 bits per heavy atom. The third-order valence-corrected chi connectivity index (χ3v) is 4.32. The fourth-order valence-electron chi connectivity index (χ4n) is 2.79. The number of anilines is 1. The van der Waals surface area contributed by atoms with E-state index >= 15 is 0 Å². The maximum atomic E-state index is 13.6. The minimum atomic E-state index is -0.269. The number of carbonyl (C=O) groups excluding carboxylic acids is 1. The van der Waals surface area contributed by atoms with Gasteiger partial charge in [0.1, 0.15) is 11.5 Å². The lowest BCUT2D eigenvalue weighted by atomic mass is 10.1. The molecule has 27 heavy (non-hydrogen) atoms. The van der Waals surface area contributed by atoms with Gasteiger partial charge < -0.3 is 10.6 Å². The highest BCUT2D eigenvalue weighted by molar-refractivity contribution is 5.92. The quantitative estimate of drug-likeness (QED) is 0.655. The van der Waals surface area contributed by atoms with Crippen LogP contribution < -0.4 is 10.6 Å². The molecular weight excluding hydrogens is 341 g/mol. The number of nitrogens with zero attached hydrogens (tertiary/aromatic N) is 1. The molecule has 3 rings (SSSR count). The minimum Gasteiger partial charge on any atom is -0.377 e. The Morgan fingerprint density at radius 1 is 1.04 bits per heavy atom. The van der Waals surface area contributed by atoms with Crippen molar-refractivity contribution in [3.63, 3.8) is 0 Å². The first-order valence-electron chi connectivity index (χ1n) is 8.92. The van der Waals surface area contributed by atoms with E-state index in [1.807, 2.05) is 24.3 Å². The van der Waals surface area contributed by atoms with Crippen LogP contribution in [0.1, 0.15) is 34.6 Å². The molecule has 2 aromatic carbocycles. The van der Waals surface area contributed by atoms with Crippen molar-refractivity contribution in [2.45, 2.75) is 19.4 Å². The van der Waals surface area contributed by atoms with Gasteiger partial charge in [0.25, 0.3) is 5.91 Å². The van der Waals surface area contributed by atoms with E-state index in [9.17, 15) is 9.18 Å². The van der Waals surface area contributed by atoms with Gasteiger partial charge >= 0.3 is 0 Å². The molecule has 4 nitrogen and oxygen atoms in total. The molecule has 5 heteroatoms. The summed E-state index contributed by atoms with van der Waals surface area (Å²) in [6.07, 6.45) is 2.08. The van der Waals surface area contributed by atoms with Gasteiger partial charge in [0.15, 0.2) is 0 Å². The maximum absolute atomic E-state index is 13.6. The van der Waals surface area contributed by atoms with Crippen LogP contribution in [-0.4, -0.2) is 17.4 Å². The van der Waals surface area contributed by atoms with E-state index in [0.29, 0.717) is 24.2 Å². The minimum absolute atomic E-state index is 0.133. The Hall–Kier alpha value is -3.21. The van der Waals surface area contributed by atoms with Gasteiger partial charge in [-0.05, 0) is 42.7 Å². The fraction of sp³-hybridized carbons (Fsp3) is 0.182. The first kappa shape index (κ1) is 18.6. The van der Waals surface area contributed by atoms with E-state index < -0.39 is 0 Å². The zero-order valence-electron chi connectivity index (χ0n) is 15.2. The lowest BCUT2D eigenvalue weighted by Crippen LogP contribution is -2.26. The summed E-state index contributed by atoms with van der Waals surface area (Å²) in [6, 6.07) is 20.3. The van der Waals surface area contributed by atoms with Gasteiger partial charge in [0, 0.05) is 12.6 Å². The van der Waals surface area contributed by atoms with Crippen LogP contribution in [0.25, 0.3) is 0 Å². The van der Waals surface area contributed by atoms with Crippen molar-refractivity contribution in [1.29, 1.82) is 0 Å². The van der Waals surface area contributed by atoms with E-state index in [1.54, 1.807) is 30.5 Å². The maximum Gasteiger partial charge on any atom is 0.269 e. The van der Waals surface area contributed by atoms with Crippen LogP contribution in [0.2, 0.25) is 0 Å². The summed E-state index contributed by atoms with van der Waals surface area (Å²) >= 11 is 0. The number of pyridine rings is 1. The molecule has 0 saturated heterocycles. The first-order valence-corrected chi connectivity index (χ1v) is 8.92. The summed E-state index contributed by atoms with van der Waals surface area (Å²) in [4.78, 5) is 16.4. The summed E-state index contributed by atoms with van der Waals surface area (Å²) in [5, 5.41) is 6.13. The number of aromatic nitrogens is 1. The largest absolute Gasteiger partial charge is 0.377 e. The summed E-state index contributed by atoms with van der Waals surface area (Å²) in [5.74, 6) is -0.526. The lowest BCUT2D eigenvalue weighted by molar-refractivity contribution is 0.0949. The van der Waals surface area contributed by atoms with Crippen LogP contribution in [0, 0.1) is 5.82 Å². The molecule has 0 bridgehead atoms. The Morgan fingerprint density at radius 2 is 1.78 bits per heavy atom. The van der Waals surface area contributed by atoms with Crippen molar-refractivity contribution in [3.8, 4) is 0 Å². The van der Waals surface area contributed by atoms with Crippen LogP contribution in [0.15, 0.2) is 72.9 Å². The van der Waals surface area contributed by atoms with Crippen LogP contribution in [0.4, 0.5) is 10.1 Å². The van der Waals surface area contributed by atoms with Crippen LogP contribution in [0.3, 0.4) is 0 Å². The van der Waals surface area contributed by atoms with E-state index in [2.05, 4.69) is 34.7 Å². The predicted octanol–water partition coefficient (Wildman–Crippen LogP) is 4.37. The summed E-state index contributed by atoms with van der Waals surface area (Å²) < 4.78 is 13.6. The van der Waals surface area contributed by atoms with Crippen LogP contribution >= 0.6 is 0 Å². The summed E-state index contributed by atoms with van der Waals surface area (Å²) in [7, 11) is 0. The van der Waals surface area contributed by atoms with E-state index in [4.69, 9.17) is 0 Å². The molecule has 0 spiro atoms. The van der Waals surface area contributed by atoms with E-state index in [1.165, 1.54) is 11.6 Å². The van der Waals surface area contributed by atoms with Gasteiger partial charge in [0.05, 0.1) is 11.9 Å². The molecule has 1 atom stereocenters. The molecule has 138 valence electrons. The van der Waals surface area contributed by atoms with Gasteiger partial charge in [-0.3, -0.25) is 4.79 Å². The number of amides is 1. The van der Waals surface area contributed by atoms with Gasteiger partial charge in [-0.25, -0.2) is 9.37 Å². The number of carbonyl (C=O) groups is 1. The normalized spacial score (nSPS) is 11.6. The zero-order valence-corrected chi connectivity index (χ0v) is 15.2. The Labute approximate surface area is 158 Å². The highest BCUT2D eigenvalue weighted by Crippen LogP contribution is 2.18. The number of halogens is 1. The standard InChI is InChI=1S/C22H22FN3O/c1-16(17-7-3-2-4-8-17)26-19-11-12-21(25-15-19)22(27)24-14-13-18-9-5-6-10-20(18)23/h2-12,15-16,26H,13-14H2,1H3,(H,24,27). The second-order valence-electron chi connectivity index (χ2n) is 6.31. The molecule has 1 amide bonds. The summed E-state index contributed by atoms with van der Waals surface area (Å²) in [6.45, 7) is 2.42. The Kier molecular flexibility index (Phi) is 6.15. The second kappa shape index (κ2) is 8.94. The van der Waals surface area contributed by atoms with E-state index in [-0.39, 0.29) is 17.8 Å². The van der Waals surface area contributed by atoms with Crippen molar-refractivity contribution < 1.29 is 9.18 Å². The Balaban J connectivity index is 1.52. The summed E-state index contributed by atoms with van der Waals surface area (Å²) in [5.41, 5.74) is 2.93. The molecule has 0 radical (unpaired) electrons. The highest BCUT2D eigenvalue weighted by Gasteiger charge is 2.09. The molecule has 0 aliphatic carbocycles. The first-order chi connectivity index (χ1) is 13.1. The molecular formula is C22H22FN3O. The van der Waals surface area contributed by atoms with Gasteiger partial charge in [-0.2, -0.15) is 0 Å². The number of hydrogen-bond donors (Lipinski definition) is 2. The van der Waals surface area contributed by atoms with Gasteiger partial charge in [-0.15, -0.1) is 0 Å². The molecule has 1 aromatic heterocycles. The van der Waals surface area contributed by atoms with Crippen molar-refractivity contribution in [1.82, 2.24) is 10.3 Å². The van der Waals surface area contributed by atoms with Gasteiger partial charge in [0.2, 0.25) is 0 Å². The van der Waals surface area contributed by atoms with Crippen molar-refractivity contribution >= 4 is 11.6 Å². The third kappa shape index (κ3) is 5.14. The SMILES string of the molecule is CC(Nc1ccc(C(=O)NCCc2ccccc2F)nc1)c1ccccc1. The number of rotatable bonds is 7. The van der Waals surface area contributed by atoms with Crippen molar-refractivity contribution in [2.75, 3.05) is 11.9 Å². The molecule has 3 aromatic rings. The van der Waals surface area contributed by atoms with Crippen LogP contribution in [-0.2, 0) is 6.42 Å². The molecule has 2 N–H and O–H groups in total. The average molecular weight is 363 g/mol. The molecule has 0 fully saturated rings. The molecule has 1 unspecified atom stereocenters. The number of benzene rings is 2. The van der Waals surface area contributed by atoms with Gasteiger partial charge in [-0.1, -0.05) is 48.5 Å². The van der Waals surface area contributed by atoms with E-state index in [0.717, 1.165) is 5.69 Å². The highest BCUT2D eigenvalue weighted by atomic mass is 19.1. The molecule has 0 aliphatic heterocycles. The topological polar surface area (TPSA) is 54.0 Å².